The molecule has 4 nitrogen and oxygen atoms in total. The van der Waals surface area contributed by atoms with Crippen molar-refractivity contribution in [1.29, 1.82) is 0 Å². The largest absolute Gasteiger partial charge is 0.490 e. The highest BCUT2D eigenvalue weighted by Gasteiger charge is 2.20. The summed E-state index contributed by atoms with van der Waals surface area (Å²) in [5, 5.41) is 0.880. The first-order valence-corrected chi connectivity index (χ1v) is 10.1. The maximum absolute atomic E-state index is 13.2. The van der Waals surface area contributed by atoms with Crippen LogP contribution in [0.15, 0.2) is 75.9 Å². The minimum absolute atomic E-state index is 0.0985. The van der Waals surface area contributed by atoms with Crippen LogP contribution in [-0.2, 0) is 0 Å². The Morgan fingerprint density at radius 1 is 0.900 bits per heavy atom. The number of benzene rings is 3. The Hall–Kier alpha value is -2.95. The van der Waals surface area contributed by atoms with Gasteiger partial charge in [0.25, 0.3) is 0 Å². The standard InChI is InChI=1S/C24H18Cl2O4/c1-15-7-9-16(10-8-15)22-24(29-12-11-28-18-5-3-2-4-6-18)21(27)19-13-17(25)14-20(26)23(19)30-22/h2-10,13-14H,11-12H2,1H3. The van der Waals surface area contributed by atoms with E-state index in [1.807, 2.05) is 61.5 Å². The summed E-state index contributed by atoms with van der Waals surface area (Å²) >= 11 is 12.4. The zero-order valence-corrected chi connectivity index (χ0v) is 17.7. The maximum Gasteiger partial charge on any atom is 0.235 e. The first kappa shape index (κ1) is 20.3. The summed E-state index contributed by atoms with van der Waals surface area (Å²) in [6, 6.07) is 20.1. The van der Waals surface area contributed by atoms with E-state index in [4.69, 9.17) is 37.1 Å². The molecule has 4 aromatic rings. The number of halogens is 2. The minimum Gasteiger partial charge on any atom is -0.490 e. The van der Waals surface area contributed by atoms with E-state index in [0.717, 1.165) is 11.3 Å². The second kappa shape index (κ2) is 8.82. The van der Waals surface area contributed by atoms with Crippen LogP contribution in [0.25, 0.3) is 22.3 Å². The maximum atomic E-state index is 13.2. The molecule has 0 saturated carbocycles. The molecule has 0 aliphatic heterocycles. The van der Waals surface area contributed by atoms with Crippen molar-refractivity contribution in [3.63, 3.8) is 0 Å². The van der Waals surface area contributed by atoms with E-state index in [-0.39, 0.29) is 40.4 Å². The van der Waals surface area contributed by atoms with Crippen molar-refractivity contribution >= 4 is 34.2 Å². The molecule has 0 unspecified atom stereocenters. The summed E-state index contributed by atoms with van der Waals surface area (Å²) in [5.41, 5.74) is 1.74. The molecular formula is C24H18Cl2O4. The van der Waals surface area contributed by atoms with E-state index < -0.39 is 0 Å². The smallest absolute Gasteiger partial charge is 0.235 e. The molecule has 0 saturated heterocycles. The number of rotatable bonds is 6. The molecule has 152 valence electrons. The van der Waals surface area contributed by atoms with Crippen molar-refractivity contribution in [2.45, 2.75) is 6.92 Å². The molecule has 4 rings (SSSR count). The molecule has 0 aliphatic rings. The molecule has 0 amide bonds. The molecule has 0 bridgehead atoms. The fourth-order valence-electron chi connectivity index (χ4n) is 3.05. The van der Waals surface area contributed by atoms with Crippen molar-refractivity contribution in [2.75, 3.05) is 13.2 Å². The highest BCUT2D eigenvalue weighted by Crippen LogP contribution is 2.35. The molecule has 0 N–H and O–H groups in total. The van der Waals surface area contributed by atoms with E-state index in [1.54, 1.807) is 6.07 Å². The number of ether oxygens (including phenoxy) is 2. The zero-order valence-electron chi connectivity index (χ0n) is 16.2. The molecule has 30 heavy (non-hydrogen) atoms. The summed E-state index contributed by atoms with van der Waals surface area (Å²) in [6.45, 7) is 2.42. The highest BCUT2D eigenvalue weighted by molar-refractivity contribution is 6.38. The predicted molar refractivity (Wildman–Crippen MR) is 120 cm³/mol. The Labute approximate surface area is 183 Å². The Balaban J connectivity index is 1.71. The van der Waals surface area contributed by atoms with Crippen LogP contribution < -0.4 is 14.9 Å². The summed E-state index contributed by atoms with van der Waals surface area (Å²) < 4.78 is 17.5. The lowest BCUT2D eigenvalue weighted by atomic mass is 10.1. The van der Waals surface area contributed by atoms with Crippen LogP contribution in [0, 0.1) is 6.92 Å². The molecule has 1 heterocycles. The van der Waals surface area contributed by atoms with Crippen LogP contribution in [0.4, 0.5) is 0 Å². The predicted octanol–water partition coefficient (Wildman–Crippen LogP) is 6.53. The second-order valence-electron chi connectivity index (χ2n) is 6.73. The van der Waals surface area contributed by atoms with Crippen LogP contribution >= 0.6 is 23.2 Å². The number of aryl methyl sites for hydroxylation is 1. The van der Waals surface area contributed by atoms with Gasteiger partial charge in [0.05, 0.1) is 10.4 Å². The van der Waals surface area contributed by atoms with E-state index in [9.17, 15) is 4.79 Å². The van der Waals surface area contributed by atoms with Gasteiger partial charge in [-0.2, -0.15) is 0 Å². The molecule has 3 aromatic carbocycles. The Kier molecular flexibility index (Phi) is 5.98. The molecule has 6 heteroatoms. The third kappa shape index (κ3) is 4.30. The van der Waals surface area contributed by atoms with Gasteiger partial charge >= 0.3 is 0 Å². The molecule has 0 radical (unpaired) electrons. The van der Waals surface area contributed by atoms with Crippen molar-refractivity contribution in [3.8, 4) is 22.8 Å². The quantitative estimate of drug-likeness (QED) is 0.319. The van der Waals surface area contributed by atoms with E-state index in [1.165, 1.54) is 6.07 Å². The summed E-state index contributed by atoms with van der Waals surface area (Å²) in [6.07, 6.45) is 0. The van der Waals surface area contributed by atoms with Crippen molar-refractivity contribution < 1.29 is 13.9 Å². The van der Waals surface area contributed by atoms with Gasteiger partial charge in [0.1, 0.15) is 19.0 Å². The van der Waals surface area contributed by atoms with Gasteiger partial charge in [-0.1, -0.05) is 71.2 Å². The summed E-state index contributed by atoms with van der Waals surface area (Å²) in [5.74, 6) is 1.14. The van der Waals surface area contributed by atoms with E-state index >= 15 is 0 Å². The first-order valence-electron chi connectivity index (χ1n) is 9.36. The van der Waals surface area contributed by atoms with Crippen molar-refractivity contribution in [1.82, 2.24) is 0 Å². The Morgan fingerprint density at radius 3 is 2.33 bits per heavy atom. The monoisotopic (exact) mass is 440 g/mol. The number of hydrogen-bond donors (Lipinski definition) is 0. The normalized spacial score (nSPS) is 10.9. The Bertz CT molecular complexity index is 1230. The van der Waals surface area contributed by atoms with Crippen LogP contribution in [0.3, 0.4) is 0 Å². The molecule has 0 atom stereocenters. The van der Waals surface area contributed by atoms with Gasteiger partial charge in [-0.05, 0) is 31.2 Å². The lowest BCUT2D eigenvalue weighted by Crippen LogP contribution is -2.15. The molecule has 0 aliphatic carbocycles. The number of para-hydroxylation sites is 1. The molecule has 1 aromatic heterocycles. The topological polar surface area (TPSA) is 48.7 Å². The van der Waals surface area contributed by atoms with Gasteiger partial charge in [0, 0.05) is 10.6 Å². The molecule has 0 spiro atoms. The summed E-state index contributed by atoms with van der Waals surface area (Å²) in [4.78, 5) is 13.2. The van der Waals surface area contributed by atoms with Crippen molar-refractivity contribution in [3.05, 3.63) is 92.6 Å². The zero-order chi connectivity index (χ0) is 21.1. The van der Waals surface area contributed by atoms with Crippen molar-refractivity contribution in [2.24, 2.45) is 0 Å². The average molecular weight is 441 g/mol. The first-order chi connectivity index (χ1) is 14.5. The average Bonchev–Trinajstić information content (AvgIpc) is 2.74. The fraction of sp³-hybridized carbons (Fsp3) is 0.125. The lowest BCUT2D eigenvalue weighted by molar-refractivity contribution is 0.214. The van der Waals surface area contributed by atoms with E-state index in [2.05, 4.69) is 0 Å². The van der Waals surface area contributed by atoms with Gasteiger partial charge in [-0.15, -0.1) is 0 Å². The van der Waals surface area contributed by atoms with Gasteiger partial charge in [-0.3, -0.25) is 4.79 Å². The molecule has 0 fully saturated rings. The van der Waals surface area contributed by atoms with Crippen LogP contribution in [0.1, 0.15) is 5.56 Å². The highest BCUT2D eigenvalue weighted by atomic mass is 35.5. The third-order valence-electron chi connectivity index (χ3n) is 4.53. The van der Waals surface area contributed by atoms with E-state index in [0.29, 0.717) is 16.3 Å². The number of fused-ring (bicyclic) bond motifs is 1. The Morgan fingerprint density at radius 2 is 1.60 bits per heavy atom. The van der Waals surface area contributed by atoms with Crippen LogP contribution in [0.5, 0.6) is 11.5 Å². The van der Waals surface area contributed by atoms with Gasteiger partial charge in [0.2, 0.25) is 11.2 Å². The second-order valence-corrected chi connectivity index (χ2v) is 7.57. The minimum atomic E-state index is -0.337. The van der Waals surface area contributed by atoms with Gasteiger partial charge < -0.3 is 13.9 Å². The van der Waals surface area contributed by atoms with Crippen LogP contribution in [-0.4, -0.2) is 13.2 Å². The number of hydrogen-bond acceptors (Lipinski definition) is 4. The summed E-state index contributed by atoms with van der Waals surface area (Å²) in [7, 11) is 0. The van der Waals surface area contributed by atoms with Crippen LogP contribution in [0.2, 0.25) is 10.0 Å². The SMILES string of the molecule is Cc1ccc(-c2oc3c(Cl)cc(Cl)cc3c(=O)c2OCCOc2ccccc2)cc1. The third-order valence-corrected chi connectivity index (χ3v) is 5.02. The van der Waals surface area contributed by atoms with Gasteiger partial charge in [-0.25, -0.2) is 0 Å². The molecular weight excluding hydrogens is 423 g/mol. The fourth-order valence-corrected chi connectivity index (χ4v) is 3.58. The lowest BCUT2D eigenvalue weighted by Gasteiger charge is -2.13. The van der Waals surface area contributed by atoms with Gasteiger partial charge in [0.15, 0.2) is 11.3 Å².